The summed E-state index contributed by atoms with van der Waals surface area (Å²) in [6, 6.07) is 0.0630. The molecule has 0 spiro atoms. The summed E-state index contributed by atoms with van der Waals surface area (Å²) in [6.07, 6.45) is 2.00. The molecule has 0 aromatic carbocycles. The van der Waals surface area contributed by atoms with Gasteiger partial charge in [-0.2, -0.15) is 11.8 Å². The van der Waals surface area contributed by atoms with Crippen molar-refractivity contribution in [1.29, 1.82) is 0 Å². The number of nitrogens with one attached hydrogen (secondary N) is 1. The van der Waals surface area contributed by atoms with Crippen molar-refractivity contribution in [3.63, 3.8) is 0 Å². The van der Waals surface area contributed by atoms with Crippen LogP contribution in [0.5, 0.6) is 0 Å². The zero-order valence-electron chi connectivity index (χ0n) is 11.6. The first-order chi connectivity index (χ1) is 8.47. The van der Waals surface area contributed by atoms with Gasteiger partial charge < -0.3 is 5.32 Å². The van der Waals surface area contributed by atoms with Gasteiger partial charge in [-0.1, -0.05) is 0 Å². The minimum Gasteiger partial charge on any atom is -0.314 e. The standard InChI is InChI=1S/C11H25N3O2S2/c1-11(10-17-3)13(2)18(15,16)9-8-14-6-4-12-5-7-14/h11-12H,4-10H2,1-3H3. The molecule has 1 aliphatic rings. The van der Waals surface area contributed by atoms with E-state index in [9.17, 15) is 8.42 Å². The molecule has 18 heavy (non-hydrogen) atoms. The van der Waals surface area contributed by atoms with Crippen molar-refractivity contribution < 1.29 is 8.42 Å². The lowest BCUT2D eigenvalue weighted by Crippen LogP contribution is -2.47. The van der Waals surface area contributed by atoms with Crippen LogP contribution in [-0.4, -0.2) is 81.2 Å². The Balaban J connectivity index is 2.42. The van der Waals surface area contributed by atoms with Crippen molar-refractivity contribution in [3.8, 4) is 0 Å². The zero-order valence-corrected chi connectivity index (χ0v) is 13.2. The Morgan fingerprint density at radius 2 is 2.00 bits per heavy atom. The molecule has 1 saturated heterocycles. The van der Waals surface area contributed by atoms with E-state index in [1.165, 1.54) is 4.31 Å². The number of rotatable bonds is 7. The number of sulfonamides is 1. The molecule has 0 aromatic rings. The van der Waals surface area contributed by atoms with Crippen molar-refractivity contribution in [2.75, 3.05) is 57.5 Å². The van der Waals surface area contributed by atoms with Crippen LogP contribution in [-0.2, 0) is 10.0 Å². The molecule has 1 fully saturated rings. The summed E-state index contributed by atoms with van der Waals surface area (Å²) in [5, 5.41) is 3.27. The van der Waals surface area contributed by atoms with Crippen LogP contribution in [0.3, 0.4) is 0 Å². The van der Waals surface area contributed by atoms with Crippen LogP contribution >= 0.6 is 11.8 Å². The molecular formula is C11H25N3O2S2. The van der Waals surface area contributed by atoms with Crippen LogP contribution in [0.4, 0.5) is 0 Å². The average Bonchev–Trinajstić information content (AvgIpc) is 2.37. The fourth-order valence-corrected chi connectivity index (χ4v) is 4.14. The smallest absolute Gasteiger partial charge is 0.215 e. The normalized spacial score (nSPS) is 20.2. The summed E-state index contributed by atoms with van der Waals surface area (Å²) in [4.78, 5) is 2.21. The van der Waals surface area contributed by atoms with Crippen molar-refractivity contribution >= 4 is 21.8 Å². The van der Waals surface area contributed by atoms with Gasteiger partial charge in [0.05, 0.1) is 5.75 Å². The third kappa shape index (κ3) is 5.05. The minimum atomic E-state index is -3.12. The molecule has 0 aromatic heterocycles. The molecule has 1 aliphatic heterocycles. The summed E-state index contributed by atoms with van der Waals surface area (Å²) in [7, 11) is -1.43. The van der Waals surface area contributed by atoms with Gasteiger partial charge in [-0.15, -0.1) is 0 Å². The lowest BCUT2D eigenvalue weighted by atomic mass is 10.4. The maximum atomic E-state index is 12.2. The highest BCUT2D eigenvalue weighted by atomic mass is 32.2. The molecule has 1 N–H and O–H groups in total. The van der Waals surface area contributed by atoms with E-state index in [2.05, 4.69) is 10.2 Å². The quantitative estimate of drug-likeness (QED) is 0.711. The van der Waals surface area contributed by atoms with E-state index in [0.717, 1.165) is 31.9 Å². The summed E-state index contributed by atoms with van der Waals surface area (Å²) in [6.45, 7) is 6.40. The molecule has 1 heterocycles. The van der Waals surface area contributed by atoms with Gasteiger partial charge >= 0.3 is 0 Å². The first-order valence-corrected chi connectivity index (χ1v) is 9.35. The third-order valence-corrected chi connectivity index (χ3v) is 6.09. The molecule has 1 rings (SSSR count). The summed E-state index contributed by atoms with van der Waals surface area (Å²) >= 11 is 1.68. The van der Waals surface area contributed by atoms with E-state index in [1.807, 2.05) is 13.2 Å². The Morgan fingerprint density at radius 1 is 1.39 bits per heavy atom. The Hall–Kier alpha value is 0.180. The Morgan fingerprint density at radius 3 is 2.56 bits per heavy atom. The number of hydrogen-bond acceptors (Lipinski definition) is 5. The number of nitrogens with zero attached hydrogens (tertiary/aromatic N) is 2. The highest BCUT2D eigenvalue weighted by Gasteiger charge is 2.23. The summed E-state index contributed by atoms with van der Waals surface area (Å²) in [5.74, 6) is 1.06. The van der Waals surface area contributed by atoms with Gasteiger partial charge in [0.2, 0.25) is 10.0 Å². The topological polar surface area (TPSA) is 52.7 Å². The summed E-state index contributed by atoms with van der Waals surface area (Å²) < 4.78 is 25.8. The molecule has 5 nitrogen and oxygen atoms in total. The van der Waals surface area contributed by atoms with E-state index >= 15 is 0 Å². The van der Waals surface area contributed by atoms with Crippen molar-refractivity contribution in [2.24, 2.45) is 0 Å². The zero-order chi connectivity index (χ0) is 13.6. The molecular weight excluding hydrogens is 270 g/mol. The molecule has 0 bridgehead atoms. The average molecular weight is 295 g/mol. The second-order valence-corrected chi connectivity index (χ2v) is 7.79. The second kappa shape index (κ2) is 7.69. The van der Waals surface area contributed by atoms with Crippen molar-refractivity contribution in [2.45, 2.75) is 13.0 Å². The SMILES string of the molecule is CSCC(C)N(C)S(=O)(=O)CCN1CCNCC1. The molecule has 7 heteroatoms. The predicted octanol–water partition coefficient (Wildman–Crippen LogP) is -0.0953. The highest BCUT2D eigenvalue weighted by molar-refractivity contribution is 7.98. The first-order valence-electron chi connectivity index (χ1n) is 6.35. The van der Waals surface area contributed by atoms with Gasteiger partial charge in [-0.25, -0.2) is 12.7 Å². The van der Waals surface area contributed by atoms with Crippen LogP contribution in [0.15, 0.2) is 0 Å². The van der Waals surface area contributed by atoms with E-state index in [0.29, 0.717) is 6.54 Å². The van der Waals surface area contributed by atoms with E-state index in [1.54, 1.807) is 18.8 Å². The molecule has 1 atom stereocenters. The largest absolute Gasteiger partial charge is 0.314 e. The van der Waals surface area contributed by atoms with Crippen LogP contribution < -0.4 is 5.32 Å². The van der Waals surface area contributed by atoms with Crippen molar-refractivity contribution in [1.82, 2.24) is 14.5 Å². The van der Waals surface area contributed by atoms with E-state index < -0.39 is 10.0 Å². The van der Waals surface area contributed by atoms with Crippen LogP contribution in [0, 0.1) is 0 Å². The molecule has 0 aliphatic carbocycles. The van der Waals surface area contributed by atoms with Crippen LogP contribution in [0.25, 0.3) is 0 Å². The van der Waals surface area contributed by atoms with Gasteiger partial charge in [0.1, 0.15) is 0 Å². The van der Waals surface area contributed by atoms with Gasteiger partial charge in [0.15, 0.2) is 0 Å². The Kier molecular flexibility index (Phi) is 6.94. The van der Waals surface area contributed by atoms with E-state index in [4.69, 9.17) is 0 Å². The third-order valence-electron chi connectivity index (χ3n) is 3.34. The van der Waals surface area contributed by atoms with Gasteiger partial charge in [-0.3, -0.25) is 4.90 Å². The predicted molar refractivity (Wildman–Crippen MR) is 78.7 cm³/mol. The fourth-order valence-electron chi connectivity index (χ4n) is 1.94. The van der Waals surface area contributed by atoms with Gasteiger partial charge in [0, 0.05) is 51.6 Å². The van der Waals surface area contributed by atoms with Crippen molar-refractivity contribution in [3.05, 3.63) is 0 Å². The molecule has 0 saturated carbocycles. The molecule has 0 amide bonds. The van der Waals surface area contributed by atoms with Gasteiger partial charge in [-0.05, 0) is 13.2 Å². The maximum absolute atomic E-state index is 12.2. The number of hydrogen-bond donors (Lipinski definition) is 1. The Labute approximate surface area is 115 Å². The van der Waals surface area contributed by atoms with Crippen LogP contribution in [0.2, 0.25) is 0 Å². The monoisotopic (exact) mass is 295 g/mol. The lowest BCUT2D eigenvalue weighted by Gasteiger charge is -2.29. The summed E-state index contributed by atoms with van der Waals surface area (Å²) in [5.41, 5.74) is 0. The van der Waals surface area contributed by atoms with Gasteiger partial charge in [0.25, 0.3) is 0 Å². The molecule has 108 valence electrons. The molecule has 0 radical (unpaired) electrons. The number of piperazine rings is 1. The Bertz CT molecular complexity index is 329. The maximum Gasteiger partial charge on any atom is 0.215 e. The van der Waals surface area contributed by atoms with E-state index in [-0.39, 0.29) is 11.8 Å². The number of thioether (sulfide) groups is 1. The highest BCUT2D eigenvalue weighted by Crippen LogP contribution is 2.09. The van der Waals surface area contributed by atoms with Crippen LogP contribution in [0.1, 0.15) is 6.92 Å². The molecule has 1 unspecified atom stereocenters. The minimum absolute atomic E-state index is 0.0630. The second-order valence-electron chi connectivity index (χ2n) is 4.73. The fraction of sp³-hybridized carbons (Fsp3) is 1.00. The lowest BCUT2D eigenvalue weighted by molar-refractivity contribution is 0.252. The first kappa shape index (κ1) is 16.2.